The molecule has 0 radical (unpaired) electrons. The zero-order valence-corrected chi connectivity index (χ0v) is 15.3. The van der Waals surface area contributed by atoms with Gasteiger partial charge in [-0.05, 0) is 38.5 Å². The molecule has 0 aliphatic carbocycles. The average molecular weight is 344 g/mol. The van der Waals surface area contributed by atoms with Gasteiger partial charge in [0.2, 0.25) is 0 Å². The molecule has 25 heavy (non-hydrogen) atoms. The second-order valence-corrected chi connectivity index (χ2v) is 5.55. The highest BCUT2D eigenvalue weighted by Crippen LogP contribution is 1.99. The molecule has 0 aliphatic heterocycles. The van der Waals surface area contributed by atoms with E-state index >= 15 is 0 Å². The van der Waals surface area contributed by atoms with Gasteiger partial charge in [-0.3, -0.25) is 4.79 Å². The molecule has 0 aromatic heterocycles. The molecule has 2 N–H and O–H groups in total. The molecule has 0 bridgehead atoms. The normalized spacial score (nSPS) is 14.3. The summed E-state index contributed by atoms with van der Waals surface area (Å²) in [6.45, 7) is 2.13. The van der Waals surface area contributed by atoms with E-state index in [2.05, 4.69) is 37.3 Å². The van der Waals surface area contributed by atoms with E-state index in [0.29, 0.717) is 12.8 Å². The minimum absolute atomic E-state index is 0.172. The average Bonchev–Trinajstić information content (AvgIpc) is 2.58. The molecule has 0 aliphatic rings. The van der Waals surface area contributed by atoms with Crippen LogP contribution in [-0.2, 0) is 4.79 Å². The third kappa shape index (κ3) is 19.8. The standard InChI is InChI=1S/C22H32O3/c1-2-3-4-5-6-7-9-12-15-18-21(23)19-16-13-10-8-11-14-17-20-22(24)25/h3-4,6-7,10-16,19,21,23H,2,5,8-9,17-18,20H2,1H3,(H,24,25)/b4-3+,7-6+,13-10+,14-11+,15-12+,19-16+. The summed E-state index contributed by atoms with van der Waals surface area (Å²) in [7, 11) is 0. The van der Waals surface area contributed by atoms with E-state index in [4.69, 9.17) is 5.11 Å². The van der Waals surface area contributed by atoms with Crippen molar-refractivity contribution in [3.8, 4) is 0 Å². The fourth-order valence-corrected chi connectivity index (χ4v) is 1.87. The molecule has 1 unspecified atom stereocenters. The Morgan fingerprint density at radius 1 is 0.840 bits per heavy atom. The quantitative estimate of drug-likeness (QED) is 0.322. The number of carboxylic acid groups (broad SMARTS) is 1. The number of carbonyl (C=O) groups is 1. The minimum atomic E-state index is -0.772. The molecule has 1 atom stereocenters. The summed E-state index contributed by atoms with van der Waals surface area (Å²) in [5, 5.41) is 18.3. The van der Waals surface area contributed by atoms with Crippen molar-refractivity contribution in [3.05, 3.63) is 72.9 Å². The van der Waals surface area contributed by atoms with Crippen LogP contribution in [0.1, 0.15) is 51.9 Å². The molecule has 0 aromatic rings. The highest BCUT2D eigenvalue weighted by molar-refractivity contribution is 5.66. The zero-order valence-electron chi connectivity index (χ0n) is 15.3. The number of aliphatic hydroxyl groups excluding tert-OH is 1. The summed E-state index contributed by atoms with van der Waals surface area (Å²) in [5.74, 6) is -0.772. The van der Waals surface area contributed by atoms with Crippen molar-refractivity contribution in [1.82, 2.24) is 0 Å². The lowest BCUT2D eigenvalue weighted by atomic mass is 10.2. The van der Waals surface area contributed by atoms with E-state index in [1.54, 1.807) is 6.08 Å². The highest BCUT2D eigenvalue weighted by Gasteiger charge is 1.92. The van der Waals surface area contributed by atoms with Gasteiger partial charge in [0.25, 0.3) is 0 Å². The van der Waals surface area contributed by atoms with Gasteiger partial charge in [0.15, 0.2) is 0 Å². The van der Waals surface area contributed by atoms with E-state index in [1.807, 2.05) is 36.5 Å². The third-order valence-corrected chi connectivity index (χ3v) is 3.20. The second kappa shape index (κ2) is 18.2. The summed E-state index contributed by atoms with van der Waals surface area (Å²) < 4.78 is 0. The number of rotatable bonds is 14. The van der Waals surface area contributed by atoms with Crippen LogP contribution in [0.25, 0.3) is 0 Å². The predicted molar refractivity (Wildman–Crippen MR) is 106 cm³/mol. The first-order valence-electron chi connectivity index (χ1n) is 9.00. The monoisotopic (exact) mass is 344 g/mol. The van der Waals surface area contributed by atoms with Gasteiger partial charge in [0.1, 0.15) is 0 Å². The molecule has 0 aromatic carbocycles. The van der Waals surface area contributed by atoms with Crippen LogP contribution in [0.15, 0.2) is 72.9 Å². The van der Waals surface area contributed by atoms with Gasteiger partial charge in [-0.1, -0.05) is 79.8 Å². The Labute approximate surface area is 152 Å². The lowest BCUT2D eigenvalue weighted by molar-refractivity contribution is -0.136. The van der Waals surface area contributed by atoms with Crippen molar-refractivity contribution in [3.63, 3.8) is 0 Å². The Balaban J connectivity index is 3.73. The van der Waals surface area contributed by atoms with Crippen molar-refractivity contribution < 1.29 is 15.0 Å². The molecule has 0 spiro atoms. The molecule has 0 heterocycles. The van der Waals surface area contributed by atoms with E-state index < -0.39 is 12.1 Å². The van der Waals surface area contributed by atoms with Crippen molar-refractivity contribution in [1.29, 1.82) is 0 Å². The van der Waals surface area contributed by atoms with Crippen LogP contribution in [0.3, 0.4) is 0 Å². The molecule has 0 saturated heterocycles. The van der Waals surface area contributed by atoms with Crippen LogP contribution in [0.4, 0.5) is 0 Å². The molecule has 3 heteroatoms. The van der Waals surface area contributed by atoms with E-state index in [-0.39, 0.29) is 6.42 Å². The molecule has 3 nitrogen and oxygen atoms in total. The number of carboxylic acids is 1. The van der Waals surface area contributed by atoms with Crippen molar-refractivity contribution >= 4 is 5.97 Å². The minimum Gasteiger partial charge on any atom is -0.481 e. The summed E-state index contributed by atoms with van der Waals surface area (Å²) >= 11 is 0. The second-order valence-electron chi connectivity index (χ2n) is 5.55. The number of aliphatic carboxylic acids is 1. The predicted octanol–water partition coefficient (Wildman–Crippen LogP) is 5.52. The van der Waals surface area contributed by atoms with Crippen LogP contribution in [0.2, 0.25) is 0 Å². The maximum Gasteiger partial charge on any atom is 0.303 e. The number of hydrogen-bond donors (Lipinski definition) is 2. The first-order chi connectivity index (χ1) is 12.2. The Morgan fingerprint density at radius 3 is 2.12 bits per heavy atom. The van der Waals surface area contributed by atoms with Crippen molar-refractivity contribution in [2.75, 3.05) is 0 Å². The van der Waals surface area contributed by atoms with Gasteiger partial charge in [-0.2, -0.15) is 0 Å². The van der Waals surface area contributed by atoms with E-state index in [1.165, 1.54) is 0 Å². The van der Waals surface area contributed by atoms with Crippen LogP contribution >= 0.6 is 0 Å². The number of allylic oxidation sites excluding steroid dienone is 10. The van der Waals surface area contributed by atoms with Crippen LogP contribution in [0.5, 0.6) is 0 Å². The first-order valence-corrected chi connectivity index (χ1v) is 9.00. The number of hydrogen-bond acceptors (Lipinski definition) is 2. The summed E-state index contributed by atoms with van der Waals surface area (Å²) in [4.78, 5) is 10.3. The Bertz CT molecular complexity index is 493. The van der Waals surface area contributed by atoms with Crippen molar-refractivity contribution in [2.45, 2.75) is 58.0 Å². The zero-order chi connectivity index (χ0) is 18.6. The van der Waals surface area contributed by atoms with Gasteiger partial charge in [0.05, 0.1) is 6.10 Å². The highest BCUT2D eigenvalue weighted by atomic mass is 16.4. The first kappa shape index (κ1) is 22.9. The maximum atomic E-state index is 10.3. The van der Waals surface area contributed by atoms with Crippen LogP contribution in [-0.4, -0.2) is 22.3 Å². The Hall–Kier alpha value is -2.13. The molecule has 138 valence electrons. The number of aliphatic hydroxyl groups is 1. The molecular formula is C22H32O3. The summed E-state index contributed by atoms with van der Waals surface area (Å²) in [5.41, 5.74) is 0. The SMILES string of the molecule is CC/C=C/C/C=C/C/C=C/CC(O)/C=C/C=C/C/C=C/CCC(=O)O. The van der Waals surface area contributed by atoms with E-state index in [0.717, 1.165) is 25.7 Å². The third-order valence-electron chi connectivity index (χ3n) is 3.20. The fraction of sp³-hybridized carbons (Fsp3) is 0.409. The lowest BCUT2D eigenvalue weighted by Crippen LogP contribution is -1.98. The topological polar surface area (TPSA) is 57.5 Å². The van der Waals surface area contributed by atoms with Crippen LogP contribution in [0, 0.1) is 0 Å². The Morgan fingerprint density at radius 2 is 1.44 bits per heavy atom. The fourth-order valence-electron chi connectivity index (χ4n) is 1.87. The summed E-state index contributed by atoms with van der Waals surface area (Å²) in [6.07, 6.45) is 28.5. The Kier molecular flexibility index (Phi) is 16.7. The molecule has 0 saturated carbocycles. The van der Waals surface area contributed by atoms with Crippen LogP contribution < -0.4 is 0 Å². The maximum absolute atomic E-state index is 10.3. The van der Waals surface area contributed by atoms with Gasteiger partial charge < -0.3 is 10.2 Å². The van der Waals surface area contributed by atoms with E-state index in [9.17, 15) is 9.90 Å². The summed E-state index contributed by atoms with van der Waals surface area (Å²) in [6, 6.07) is 0. The van der Waals surface area contributed by atoms with Gasteiger partial charge in [0, 0.05) is 6.42 Å². The molecule has 0 amide bonds. The van der Waals surface area contributed by atoms with Gasteiger partial charge in [-0.25, -0.2) is 0 Å². The molecule has 0 rings (SSSR count). The van der Waals surface area contributed by atoms with Crippen molar-refractivity contribution in [2.24, 2.45) is 0 Å². The molecular weight excluding hydrogens is 312 g/mol. The van der Waals surface area contributed by atoms with Gasteiger partial charge in [-0.15, -0.1) is 0 Å². The smallest absolute Gasteiger partial charge is 0.303 e. The largest absolute Gasteiger partial charge is 0.481 e. The van der Waals surface area contributed by atoms with Gasteiger partial charge >= 0.3 is 5.97 Å². The molecule has 0 fully saturated rings. The lowest BCUT2D eigenvalue weighted by Gasteiger charge is -1.98.